The molecular weight excluding hydrogens is 1330 g/mol. The SMILES string of the molecule is c1ccc(-c2ccc(-c3nc(-c4cccc(-n5c6ccccc6c6c(-c7ccccc7)cccc65)c4)nc(-c4ccc5c(c4)sc4ccccc45)n3)cc2)cc1.c1ccc(-c2ccc3c4ccccc4n(-c4cccc(-c5nc(-c6ccccc6)nc(-c6ccc7c(c6)sc6ccccc67)n5)c4)c3c2)cc1. The summed E-state index contributed by atoms with van der Waals surface area (Å²) in [5.74, 6) is 3.85. The van der Waals surface area contributed by atoms with Crippen LogP contribution in [-0.2, 0) is 0 Å². The van der Waals surface area contributed by atoms with Crippen molar-refractivity contribution in [1.29, 1.82) is 0 Å². The summed E-state index contributed by atoms with van der Waals surface area (Å²) >= 11 is 3.60. The Morgan fingerprint density at radius 1 is 0.179 bits per heavy atom. The lowest BCUT2D eigenvalue weighted by Crippen LogP contribution is -2.01. The van der Waals surface area contributed by atoms with Gasteiger partial charge in [0, 0.05) is 107 Å². The van der Waals surface area contributed by atoms with Gasteiger partial charge in [-0.1, -0.05) is 291 Å². The quantitative estimate of drug-likeness (QED) is 0.128. The van der Waals surface area contributed by atoms with Gasteiger partial charge in [-0.2, -0.15) is 0 Å². The van der Waals surface area contributed by atoms with E-state index >= 15 is 0 Å². The van der Waals surface area contributed by atoms with E-state index < -0.39 is 0 Å². The maximum Gasteiger partial charge on any atom is 0.164 e. The predicted molar refractivity (Wildman–Crippen MR) is 443 cm³/mol. The molecule has 8 nitrogen and oxygen atoms in total. The van der Waals surface area contributed by atoms with E-state index in [-0.39, 0.29) is 0 Å². The molecule has 106 heavy (non-hydrogen) atoms. The molecule has 0 N–H and O–H groups in total. The Morgan fingerprint density at radius 2 is 0.500 bits per heavy atom. The summed E-state index contributed by atoms with van der Waals surface area (Å²) in [6.45, 7) is 0. The third kappa shape index (κ3) is 11.2. The van der Waals surface area contributed by atoms with E-state index in [1.54, 1.807) is 22.7 Å². The van der Waals surface area contributed by atoms with Gasteiger partial charge in [0.15, 0.2) is 34.9 Å². The van der Waals surface area contributed by atoms with Crippen LogP contribution < -0.4 is 0 Å². The average Bonchev–Trinajstić information content (AvgIpc) is 1.58. The number of fused-ring (bicyclic) bond motifs is 12. The van der Waals surface area contributed by atoms with Gasteiger partial charge in [-0.3, -0.25) is 0 Å². The van der Waals surface area contributed by atoms with Gasteiger partial charge >= 0.3 is 0 Å². The fraction of sp³-hybridized carbons (Fsp3) is 0. The zero-order chi connectivity index (χ0) is 70.0. The molecule has 0 aliphatic heterocycles. The Labute approximate surface area is 618 Å². The predicted octanol–water partition coefficient (Wildman–Crippen LogP) is 25.7. The molecule has 0 aliphatic carbocycles. The van der Waals surface area contributed by atoms with Crippen molar-refractivity contribution in [3.8, 4) is 113 Å². The van der Waals surface area contributed by atoms with Crippen LogP contribution in [0.25, 0.3) is 197 Å². The average molecular weight is 1390 g/mol. The minimum Gasteiger partial charge on any atom is -0.309 e. The summed E-state index contributed by atoms with van der Waals surface area (Å²) in [5.41, 5.74) is 19.5. The Bertz CT molecular complexity index is 6940. The third-order valence-electron chi connectivity index (χ3n) is 20.1. The summed E-state index contributed by atoms with van der Waals surface area (Å²) in [7, 11) is 0. The number of para-hydroxylation sites is 2. The number of rotatable bonds is 11. The standard InChI is InChI=1S/C51H32N4S.C45H28N4S/c1-3-13-33(14-4-1)34-25-27-36(28-26-34)49-52-50(54-51(53-49)38-29-30-42-41-19-8-10-24-46(41)56-47(42)32-38)37-17-11-18-39(31-37)55-44-22-9-7-20-43(44)48-40(21-12-23-45(48)55)35-15-5-2-6-16-35;1-3-12-29(13-4-1)31-22-24-36-35-18-7-9-20-39(35)49(40(36)27-31)34-17-11-16-32(26-34)44-46-43(30-14-5-2-6-15-30)47-45(48-44)33-23-25-38-37-19-8-10-21-41(37)50-42(38)28-33/h1-32H;1-28H. The number of hydrogen-bond donors (Lipinski definition) is 0. The molecule has 6 heterocycles. The fourth-order valence-electron chi connectivity index (χ4n) is 15.1. The van der Waals surface area contributed by atoms with Crippen LogP contribution in [0.5, 0.6) is 0 Å². The number of hydrogen-bond acceptors (Lipinski definition) is 8. The van der Waals surface area contributed by atoms with Gasteiger partial charge < -0.3 is 9.13 Å². The number of nitrogens with zero attached hydrogens (tertiary/aromatic N) is 8. The lowest BCUT2D eigenvalue weighted by Gasteiger charge is -2.12. The zero-order valence-corrected chi connectivity index (χ0v) is 58.7. The van der Waals surface area contributed by atoms with Crippen molar-refractivity contribution in [2.24, 2.45) is 0 Å². The van der Waals surface area contributed by atoms with Gasteiger partial charge in [-0.25, -0.2) is 29.9 Å². The molecule has 0 bridgehead atoms. The second-order valence-corrected chi connectivity index (χ2v) is 28.7. The van der Waals surface area contributed by atoms with Crippen LogP contribution in [0.15, 0.2) is 364 Å². The van der Waals surface area contributed by atoms with E-state index in [1.165, 1.54) is 89.7 Å². The van der Waals surface area contributed by atoms with E-state index in [1.807, 2.05) is 24.3 Å². The lowest BCUT2D eigenvalue weighted by molar-refractivity contribution is 1.07. The molecular formula is C96H60N8S2. The minimum absolute atomic E-state index is 0.626. The summed E-state index contributed by atoms with van der Waals surface area (Å²) in [6.07, 6.45) is 0. The summed E-state index contributed by atoms with van der Waals surface area (Å²) in [4.78, 5) is 30.7. The zero-order valence-electron chi connectivity index (χ0n) is 57.0. The smallest absolute Gasteiger partial charge is 0.164 e. The minimum atomic E-state index is 0.626. The third-order valence-corrected chi connectivity index (χ3v) is 22.4. The van der Waals surface area contributed by atoms with Crippen molar-refractivity contribution >= 4 is 107 Å². The van der Waals surface area contributed by atoms with Crippen LogP contribution >= 0.6 is 22.7 Å². The van der Waals surface area contributed by atoms with Crippen molar-refractivity contribution in [1.82, 2.24) is 39.0 Å². The first-order valence-electron chi connectivity index (χ1n) is 35.5. The molecule has 6 aromatic heterocycles. The van der Waals surface area contributed by atoms with Crippen molar-refractivity contribution < 1.29 is 0 Å². The molecule has 10 heteroatoms. The number of aromatic nitrogens is 8. The van der Waals surface area contributed by atoms with Gasteiger partial charge in [0.25, 0.3) is 0 Å². The molecule has 0 unspecified atom stereocenters. The van der Waals surface area contributed by atoms with Gasteiger partial charge in [0.1, 0.15) is 0 Å². The lowest BCUT2D eigenvalue weighted by atomic mass is 9.99. The van der Waals surface area contributed by atoms with Gasteiger partial charge in [-0.15, -0.1) is 22.7 Å². The Hall–Kier alpha value is -13.6. The van der Waals surface area contributed by atoms with E-state index in [0.717, 1.165) is 72.4 Å². The second-order valence-electron chi connectivity index (χ2n) is 26.5. The van der Waals surface area contributed by atoms with Gasteiger partial charge in [0.05, 0.1) is 22.1 Å². The monoisotopic (exact) mass is 1390 g/mol. The first-order chi connectivity index (χ1) is 52.5. The highest BCUT2D eigenvalue weighted by atomic mass is 32.1. The molecule has 0 saturated carbocycles. The molecule has 0 atom stereocenters. The molecule has 15 aromatic carbocycles. The van der Waals surface area contributed by atoms with Crippen LogP contribution in [-0.4, -0.2) is 39.0 Å². The molecule has 0 saturated heterocycles. The second kappa shape index (κ2) is 26.3. The first-order valence-corrected chi connectivity index (χ1v) is 37.1. The molecule has 21 rings (SSSR count). The maximum absolute atomic E-state index is 5.20. The van der Waals surface area contributed by atoms with Crippen molar-refractivity contribution in [2.75, 3.05) is 0 Å². The molecule has 0 spiro atoms. The Balaban J connectivity index is 0.000000141. The van der Waals surface area contributed by atoms with Crippen molar-refractivity contribution in [3.63, 3.8) is 0 Å². The van der Waals surface area contributed by atoms with Gasteiger partial charge in [-0.05, 0) is 106 Å². The molecule has 496 valence electrons. The van der Waals surface area contributed by atoms with E-state index in [9.17, 15) is 0 Å². The molecule has 21 aromatic rings. The number of benzene rings is 15. The normalized spacial score (nSPS) is 11.6. The molecule has 0 aliphatic rings. The fourth-order valence-corrected chi connectivity index (χ4v) is 17.4. The highest BCUT2D eigenvalue weighted by Gasteiger charge is 2.22. The van der Waals surface area contributed by atoms with Gasteiger partial charge in [0.2, 0.25) is 0 Å². The maximum atomic E-state index is 5.20. The Morgan fingerprint density at radius 3 is 1.04 bits per heavy atom. The van der Waals surface area contributed by atoms with Crippen LogP contribution in [0, 0.1) is 0 Å². The topological polar surface area (TPSA) is 87.2 Å². The number of thiophene rings is 2. The molecule has 0 fully saturated rings. The summed E-state index contributed by atoms with van der Waals surface area (Å²) in [5, 5.41) is 9.93. The highest BCUT2D eigenvalue weighted by molar-refractivity contribution is 7.26. The van der Waals surface area contributed by atoms with Crippen LogP contribution in [0.1, 0.15) is 0 Å². The van der Waals surface area contributed by atoms with E-state index in [2.05, 4.69) is 349 Å². The Kier molecular flexibility index (Phi) is 15.4. The van der Waals surface area contributed by atoms with Crippen LogP contribution in [0.4, 0.5) is 0 Å². The van der Waals surface area contributed by atoms with Crippen LogP contribution in [0.2, 0.25) is 0 Å². The van der Waals surface area contributed by atoms with Crippen molar-refractivity contribution in [2.45, 2.75) is 0 Å². The first kappa shape index (κ1) is 62.2. The van der Waals surface area contributed by atoms with E-state index in [0.29, 0.717) is 34.9 Å². The summed E-state index contributed by atoms with van der Waals surface area (Å²) in [6, 6.07) is 128. The van der Waals surface area contributed by atoms with E-state index in [4.69, 9.17) is 29.9 Å². The molecule has 0 amide bonds. The highest BCUT2D eigenvalue weighted by Crippen LogP contribution is 2.43. The molecule has 0 radical (unpaired) electrons. The summed E-state index contributed by atoms with van der Waals surface area (Å²) < 4.78 is 9.70. The van der Waals surface area contributed by atoms with Crippen LogP contribution in [0.3, 0.4) is 0 Å². The largest absolute Gasteiger partial charge is 0.309 e. The van der Waals surface area contributed by atoms with Crippen molar-refractivity contribution in [3.05, 3.63) is 364 Å².